The molecule has 2 aromatic carbocycles. The van der Waals surface area contributed by atoms with E-state index in [1.165, 1.54) is 0 Å². The minimum atomic E-state index is -1.31. The van der Waals surface area contributed by atoms with E-state index >= 15 is 0 Å². The van der Waals surface area contributed by atoms with Crippen LogP contribution in [0.1, 0.15) is 37.3 Å². The molecule has 4 N–H and O–H groups in total. The molecular weight excluding hydrogens is 464 g/mol. The van der Waals surface area contributed by atoms with Crippen LogP contribution in [0.25, 0.3) is 11.1 Å². The Kier molecular flexibility index (Phi) is 7.73. The van der Waals surface area contributed by atoms with E-state index in [-0.39, 0.29) is 25.0 Å². The maximum absolute atomic E-state index is 12.8. The van der Waals surface area contributed by atoms with Crippen LogP contribution in [0.4, 0.5) is 4.79 Å². The summed E-state index contributed by atoms with van der Waals surface area (Å²) in [5.41, 5.74) is 3.00. The fourth-order valence-electron chi connectivity index (χ4n) is 4.67. The van der Waals surface area contributed by atoms with E-state index < -0.39 is 48.7 Å². The van der Waals surface area contributed by atoms with Crippen molar-refractivity contribution in [2.24, 2.45) is 5.92 Å². The zero-order chi connectivity index (χ0) is 25.9. The molecule has 1 aliphatic heterocycles. The molecule has 0 spiro atoms. The van der Waals surface area contributed by atoms with Gasteiger partial charge in [0.15, 0.2) is 11.4 Å². The van der Waals surface area contributed by atoms with Crippen molar-refractivity contribution in [2.45, 2.75) is 43.9 Å². The molecule has 9 nitrogen and oxygen atoms in total. The highest BCUT2D eigenvalue weighted by molar-refractivity contribution is 5.98. The summed E-state index contributed by atoms with van der Waals surface area (Å²) in [6, 6.07) is 13.6. The lowest BCUT2D eigenvalue weighted by atomic mass is 9.92. The first-order valence-electron chi connectivity index (χ1n) is 12.1. The van der Waals surface area contributed by atoms with Gasteiger partial charge in [0.25, 0.3) is 0 Å². The average Bonchev–Trinajstić information content (AvgIpc) is 3.62. The Morgan fingerprint density at radius 3 is 2.08 bits per heavy atom. The molecule has 1 fully saturated rings. The third-order valence-electron chi connectivity index (χ3n) is 6.67. The summed E-state index contributed by atoms with van der Waals surface area (Å²) in [7, 11) is 0. The van der Waals surface area contributed by atoms with Crippen LogP contribution >= 0.6 is 0 Å². The number of aliphatic hydroxyl groups is 2. The summed E-state index contributed by atoms with van der Waals surface area (Å²) in [4.78, 5) is 38.2. The van der Waals surface area contributed by atoms with Gasteiger partial charge in [0.1, 0.15) is 12.6 Å². The highest BCUT2D eigenvalue weighted by atomic mass is 16.6. The SMILES string of the molecule is CC(C)CC(NC(=O)[C@H](CO)NC(=O)OCC1c2ccccc2-c2ccccc21)C(=O)C1(CO)CO1. The number of fused-ring (bicyclic) bond motifs is 3. The van der Waals surface area contributed by atoms with Crippen LogP contribution in [-0.4, -0.2) is 72.1 Å². The van der Waals surface area contributed by atoms with Gasteiger partial charge in [-0.15, -0.1) is 0 Å². The Labute approximate surface area is 209 Å². The van der Waals surface area contributed by atoms with Crippen LogP contribution in [0.3, 0.4) is 0 Å². The number of amides is 2. The van der Waals surface area contributed by atoms with Crippen LogP contribution in [0, 0.1) is 5.92 Å². The van der Waals surface area contributed by atoms with E-state index in [0.29, 0.717) is 6.42 Å². The quantitative estimate of drug-likeness (QED) is 0.348. The van der Waals surface area contributed by atoms with Gasteiger partial charge in [0.2, 0.25) is 5.91 Å². The number of benzene rings is 2. The highest BCUT2D eigenvalue weighted by Gasteiger charge is 2.54. The molecule has 0 bridgehead atoms. The van der Waals surface area contributed by atoms with Gasteiger partial charge in [-0.3, -0.25) is 9.59 Å². The molecule has 4 rings (SSSR count). The molecule has 0 saturated carbocycles. The summed E-state index contributed by atoms with van der Waals surface area (Å²) in [6.45, 7) is 2.78. The van der Waals surface area contributed by atoms with Gasteiger partial charge in [0.05, 0.1) is 25.9 Å². The molecule has 1 aliphatic carbocycles. The average molecular weight is 497 g/mol. The topological polar surface area (TPSA) is 137 Å². The second kappa shape index (κ2) is 10.8. The molecule has 1 heterocycles. The smallest absolute Gasteiger partial charge is 0.407 e. The minimum absolute atomic E-state index is 0.0600. The Balaban J connectivity index is 1.37. The zero-order valence-electron chi connectivity index (χ0n) is 20.4. The Morgan fingerprint density at radius 2 is 1.58 bits per heavy atom. The molecule has 2 aliphatic rings. The molecule has 36 heavy (non-hydrogen) atoms. The van der Waals surface area contributed by atoms with Crippen molar-refractivity contribution in [1.29, 1.82) is 0 Å². The normalized spacial score (nSPS) is 19.7. The standard InChI is InChI=1S/C27H32N2O7/c1-16(2)11-22(24(32)27(14-31)15-36-27)28-25(33)23(12-30)29-26(34)35-13-21-19-9-5-3-7-17(19)18-8-4-6-10-20(18)21/h3-10,16,21-23,30-31H,11-15H2,1-2H3,(H,28,33)(H,29,34)/t22?,23-,27?/m0/s1. The maximum Gasteiger partial charge on any atom is 0.407 e. The molecular formula is C27H32N2O7. The van der Waals surface area contributed by atoms with Gasteiger partial charge >= 0.3 is 6.09 Å². The fraction of sp³-hybridized carbons (Fsp3) is 0.444. The Morgan fingerprint density at radius 1 is 1.00 bits per heavy atom. The minimum Gasteiger partial charge on any atom is -0.449 e. The molecule has 2 amide bonds. The van der Waals surface area contributed by atoms with E-state index in [1.807, 2.05) is 62.4 Å². The molecule has 192 valence electrons. The first-order valence-corrected chi connectivity index (χ1v) is 12.1. The number of alkyl carbamates (subject to hydrolysis) is 1. The van der Waals surface area contributed by atoms with Crippen LogP contribution < -0.4 is 10.6 Å². The predicted molar refractivity (Wildman–Crippen MR) is 131 cm³/mol. The van der Waals surface area contributed by atoms with E-state index in [0.717, 1.165) is 22.3 Å². The lowest BCUT2D eigenvalue weighted by molar-refractivity contribution is -0.133. The molecule has 2 unspecified atom stereocenters. The Bertz CT molecular complexity index is 1080. The van der Waals surface area contributed by atoms with Gasteiger partial charge < -0.3 is 30.3 Å². The van der Waals surface area contributed by atoms with Crippen molar-refractivity contribution >= 4 is 17.8 Å². The van der Waals surface area contributed by atoms with Crippen LogP contribution in [0.15, 0.2) is 48.5 Å². The largest absolute Gasteiger partial charge is 0.449 e. The number of rotatable bonds is 11. The van der Waals surface area contributed by atoms with Gasteiger partial charge in [-0.1, -0.05) is 62.4 Å². The summed E-state index contributed by atoms with van der Waals surface area (Å²) < 4.78 is 10.6. The Hall–Kier alpha value is -3.27. The number of hydrogen-bond donors (Lipinski definition) is 4. The summed E-state index contributed by atoms with van der Waals surface area (Å²) in [5, 5.41) is 24.3. The van der Waals surface area contributed by atoms with E-state index in [4.69, 9.17) is 9.47 Å². The van der Waals surface area contributed by atoms with Crippen molar-refractivity contribution in [3.8, 4) is 11.1 Å². The molecule has 1 saturated heterocycles. The van der Waals surface area contributed by atoms with Crippen molar-refractivity contribution in [2.75, 3.05) is 26.4 Å². The van der Waals surface area contributed by atoms with Crippen molar-refractivity contribution in [1.82, 2.24) is 10.6 Å². The van der Waals surface area contributed by atoms with Crippen molar-refractivity contribution in [3.63, 3.8) is 0 Å². The number of epoxide rings is 1. The fourth-order valence-corrected chi connectivity index (χ4v) is 4.67. The van der Waals surface area contributed by atoms with E-state index in [2.05, 4.69) is 10.6 Å². The monoisotopic (exact) mass is 496 g/mol. The number of carbonyl (C=O) groups is 3. The molecule has 3 atom stereocenters. The van der Waals surface area contributed by atoms with Gasteiger partial charge in [-0.2, -0.15) is 0 Å². The predicted octanol–water partition coefficient (Wildman–Crippen LogP) is 1.75. The molecule has 2 aromatic rings. The second-order valence-electron chi connectivity index (χ2n) is 9.70. The summed E-state index contributed by atoms with van der Waals surface area (Å²) in [6.07, 6.45) is -0.533. The first kappa shape index (κ1) is 25.8. The summed E-state index contributed by atoms with van der Waals surface area (Å²) >= 11 is 0. The number of ether oxygens (including phenoxy) is 2. The van der Waals surface area contributed by atoms with Crippen LogP contribution in [0.2, 0.25) is 0 Å². The lowest BCUT2D eigenvalue weighted by Crippen LogP contribution is -2.55. The number of ketones is 1. The number of hydrogen-bond acceptors (Lipinski definition) is 7. The number of aliphatic hydroxyl groups excluding tert-OH is 2. The van der Waals surface area contributed by atoms with Gasteiger partial charge in [-0.05, 0) is 34.6 Å². The molecule has 0 radical (unpaired) electrons. The maximum atomic E-state index is 12.8. The third-order valence-corrected chi connectivity index (χ3v) is 6.67. The number of Topliss-reactive ketones (excluding diaryl/α,β-unsaturated/α-hetero) is 1. The van der Waals surface area contributed by atoms with E-state index in [1.54, 1.807) is 0 Å². The molecule has 9 heteroatoms. The van der Waals surface area contributed by atoms with Crippen LogP contribution in [0.5, 0.6) is 0 Å². The van der Waals surface area contributed by atoms with Crippen LogP contribution in [-0.2, 0) is 19.1 Å². The lowest BCUT2D eigenvalue weighted by Gasteiger charge is -2.24. The number of carbonyl (C=O) groups excluding carboxylic acids is 3. The first-order chi connectivity index (χ1) is 17.3. The highest BCUT2D eigenvalue weighted by Crippen LogP contribution is 2.44. The van der Waals surface area contributed by atoms with Gasteiger partial charge in [0, 0.05) is 5.92 Å². The van der Waals surface area contributed by atoms with Crippen molar-refractivity contribution < 1.29 is 34.1 Å². The second-order valence-corrected chi connectivity index (χ2v) is 9.70. The number of nitrogens with one attached hydrogen (secondary N) is 2. The summed E-state index contributed by atoms with van der Waals surface area (Å²) in [5.74, 6) is -1.23. The molecule has 0 aromatic heterocycles. The van der Waals surface area contributed by atoms with E-state index in [9.17, 15) is 24.6 Å². The zero-order valence-corrected chi connectivity index (χ0v) is 20.4. The third kappa shape index (κ3) is 5.28. The van der Waals surface area contributed by atoms with Gasteiger partial charge in [-0.25, -0.2) is 4.79 Å². The van der Waals surface area contributed by atoms with Crippen molar-refractivity contribution in [3.05, 3.63) is 59.7 Å².